The van der Waals surface area contributed by atoms with Gasteiger partial charge in [0.05, 0.1) is 5.69 Å². The maximum atomic E-state index is 12.3. The van der Waals surface area contributed by atoms with Gasteiger partial charge in [-0.25, -0.2) is 4.79 Å². The van der Waals surface area contributed by atoms with Crippen LogP contribution in [0.1, 0.15) is 38.6 Å². The Hall–Kier alpha value is -2.05. The highest BCUT2D eigenvalue weighted by Gasteiger charge is 2.30. The highest BCUT2D eigenvalue weighted by molar-refractivity contribution is 5.82. The van der Waals surface area contributed by atoms with Gasteiger partial charge < -0.3 is 15.1 Å². The molecule has 1 saturated heterocycles. The molecule has 3 amide bonds. The number of carbonyl (C=O) groups is 2. The van der Waals surface area contributed by atoms with Crippen LogP contribution < -0.4 is 5.32 Å². The Kier molecular flexibility index (Phi) is 6.08. The van der Waals surface area contributed by atoms with Crippen LogP contribution in [0.2, 0.25) is 0 Å². The lowest BCUT2D eigenvalue weighted by molar-refractivity contribution is -0.140. The molecule has 7 nitrogen and oxygen atoms in total. The number of nitrogens with one attached hydrogen (secondary N) is 1. The SMILES string of the molecule is Cc1cc(C)n(CCCNC(=O)N2CCN(C(=O)C(C)(C)C)CC2)n1. The van der Waals surface area contributed by atoms with Gasteiger partial charge in [-0.2, -0.15) is 5.10 Å². The van der Waals surface area contributed by atoms with Crippen LogP contribution in [0.4, 0.5) is 4.79 Å². The molecule has 1 N–H and O–H groups in total. The van der Waals surface area contributed by atoms with Crippen LogP contribution in [-0.4, -0.2) is 64.2 Å². The van der Waals surface area contributed by atoms with Crippen molar-refractivity contribution in [2.24, 2.45) is 5.41 Å². The first-order valence-electron chi connectivity index (χ1n) is 9.01. The molecular formula is C18H31N5O2. The van der Waals surface area contributed by atoms with E-state index in [0.717, 1.165) is 24.4 Å². The smallest absolute Gasteiger partial charge is 0.317 e. The summed E-state index contributed by atoms with van der Waals surface area (Å²) in [6, 6.07) is 2.01. The Morgan fingerprint density at radius 3 is 2.24 bits per heavy atom. The van der Waals surface area contributed by atoms with Crippen molar-refractivity contribution in [1.82, 2.24) is 24.9 Å². The molecule has 0 unspecified atom stereocenters. The summed E-state index contributed by atoms with van der Waals surface area (Å²) in [5.74, 6) is 0.150. The molecule has 1 aromatic rings. The molecule has 1 fully saturated rings. The Balaban J connectivity index is 1.69. The van der Waals surface area contributed by atoms with E-state index in [4.69, 9.17) is 0 Å². The molecule has 0 aliphatic carbocycles. The van der Waals surface area contributed by atoms with Gasteiger partial charge in [-0.3, -0.25) is 9.48 Å². The summed E-state index contributed by atoms with van der Waals surface area (Å²) in [6.45, 7) is 13.6. The van der Waals surface area contributed by atoms with Gasteiger partial charge in [0.15, 0.2) is 0 Å². The van der Waals surface area contributed by atoms with Crippen LogP contribution in [0.15, 0.2) is 6.07 Å². The molecule has 2 heterocycles. The third-order valence-electron chi connectivity index (χ3n) is 4.42. The van der Waals surface area contributed by atoms with E-state index in [2.05, 4.69) is 16.5 Å². The third kappa shape index (κ3) is 5.21. The van der Waals surface area contributed by atoms with E-state index in [1.54, 1.807) is 4.90 Å². The minimum atomic E-state index is -0.368. The summed E-state index contributed by atoms with van der Waals surface area (Å²) >= 11 is 0. The molecule has 140 valence electrons. The number of aromatic nitrogens is 2. The second kappa shape index (κ2) is 7.89. The van der Waals surface area contributed by atoms with Crippen LogP contribution in [0.5, 0.6) is 0 Å². The van der Waals surface area contributed by atoms with Gasteiger partial charge in [0.2, 0.25) is 5.91 Å². The second-order valence-electron chi connectivity index (χ2n) is 7.76. The molecular weight excluding hydrogens is 318 g/mol. The summed E-state index contributed by atoms with van der Waals surface area (Å²) < 4.78 is 1.97. The van der Waals surface area contributed by atoms with E-state index in [9.17, 15) is 9.59 Å². The summed E-state index contributed by atoms with van der Waals surface area (Å²) in [5, 5.41) is 7.38. The Labute approximate surface area is 150 Å². The lowest BCUT2D eigenvalue weighted by atomic mass is 9.94. The molecule has 0 bridgehead atoms. The minimum absolute atomic E-state index is 0.0452. The van der Waals surface area contributed by atoms with Gasteiger partial charge >= 0.3 is 6.03 Å². The average molecular weight is 349 g/mol. The fourth-order valence-electron chi connectivity index (χ4n) is 3.02. The Morgan fingerprint density at radius 1 is 1.12 bits per heavy atom. The first-order chi connectivity index (χ1) is 11.7. The number of aryl methyl sites for hydroxylation is 3. The molecule has 1 aliphatic heterocycles. The highest BCUT2D eigenvalue weighted by Crippen LogP contribution is 2.18. The number of rotatable bonds is 4. The van der Waals surface area contributed by atoms with Crippen molar-refractivity contribution in [3.63, 3.8) is 0 Å². The lowest BCUT2D eigenvalue weighted by Crippen LogP contribution is -2.55. The summed E-state index contributed by atoms with van der Waals surface area (Å²) in [6.07, 6.45) is 0.843. The molecule has 1 aromatic heterocycles. The Bertz CT molecular complexity index is 609. The maximum absolute atomic E-state index is 12.3. The first-order valence-corrected chi connectivity index (χ1v) is 9.01. The van der Waals surface area contributed by atoms with E-state index in [1.807, 2.05) is 44.2 Å². The van der Waals surface area contributed by atoms with Crippen molar-refractivity contribution in [1.29, 1.82) is 0 Å². The summed E-state index contributed by atoms with van der Waals surface area (Å²) in [7, 11) is 0. The van der Waals surface area contributed by atoms with Gasteiger partial charge in [0.1, 0.15) is 0 Å². The number of piperazine rings is 1. The average Bonchev–Trinajstić information content (AvgIpc) is 2.87. The monoisotopic (exact) mass is 349 g/mol. The Morgan fingerprint density at radius 2 is 1.72 bits per heavy atom. The van der Waals surface area contributed by atoms with Crippen molar-refractivity contribution in [3.05, 3.63) is 17.5 Å². The van der Waals surface area contributed by atoms with Crippen LogP contribution in [-0.2, 0) is 11.3 Å². The van der Waals surface area contributed by atoms with Gasteiger partial charge in [-0.15, -0.1) is 0 Å². The topological polar surface area (TPSA) is 70.5 Å². The molecule has 0 radical (unpaired) electrons. The molecule has 0 spiro atoms. The zero-order valence-corrected chi connectivity index (χ0v) is 16.1. The van der Waals surface area contributed by atoms with Crippen LogP contribution in [0.3, 0.4) is 0 Å². The summed E-state index contributed by atoms with van der Waals surface area (Å²) in [5.41, 5.74) is 1.79. The van der Waals surface area contributed by atoms with Gasteiger partial charge in [-0.1, -0.05) is 20.8 Å². The lowest BCUT2D eigenvalue weighted by Gasteiger charge is -2.37. The largest absolute Gasteiger partial charge is 0.339 e. The number of hydrogen-bond acceptors (Lipinski definition) is 3. The number of amides is 3. The molecule has 0 saturated carbocycles. The number of urea groups is 1. The van der Waals surface area contributed by atoms with Crippen molar-refractivity contribution in [2.45, 2.75) is 47.6 Å². The molecule has 0 aromatic carbocycles. The molecule has 25 heavy (non-hydrogen) atoms. The number of nitrogens with zero attached hydrogens (tertiary/aromatic N) is 4. The van der Waals surface area contributed by atoms with Crippen molar-refractivity contribution in [2.75, 3.05) is 32.7 Å². The molecule has 2 rings (SSSR count). The fraction of sp³-hybridized carbons (Fsp3) is 0.722. The van der Waals surface area contributed by atoms with Crippen LogP contribution in [0, 0.1) is 19.3 Å². The molecule has 1 aliphatic rings. The maximum Gasteiger partial charge on any atom is 0.317 e. The quantitative estimate of drug-likeness (QED) is 0.843. The predicted molar refractivity (Wildman–Crippen MR) is 97.3 cm³/mol. The molecule has 7 heteroatoms. The van der Waals surface area contributed by atoms with E-state index in [-0.39, 0.29) is 17.4 Å². The van der Waals surface area contributed by atoms with Crippen LogP contribution in [0.25, 0.3) is 0 Å². The zero-order chi connectivity index (χ0) is 18.6. The van der Waals surface area contributed by atoms with E-state index >= 15 is 0 Å². The first kappa shape index (κ1) is 19.3. The second-order valence-corrected chi connectivity index (χ2v) is 7.76. The van der Waals surface area contributed by atoms with E-state index in [1.165, 1.54) is 0 Å². The zero-order valence-electron chi connectivity index (χ0n) is 16.1. The summed E-state index contributed by atoms with van der Waals surface area (Å²) in [4.78, 5) is 28.2. The number of hydrogen-bond donors (Lipinski definition) is 1. The minimum Gasteiger partial charge on any atom is -0.339 e. The van der Waals surface area contributed by atoms with Gasteiger partial charge in [-0.05, 0) is 26.3 Å². The van der Waals surface area contributed by atoms with Crippen molar-refractivity contribution < 1.29 is 9.59 Å². The highest BCUT2D eigenvalue weighted by atomic mass is 16.2. The normalized spacial score (nSPS) is 15.4. The predicted octanol–water partition coefficient (Wildman–Crippen LogP) is 1.79. The van der Waals surface area contributed by atoms with Crippen LogP contribution >= 0.6 is 0 Å². The van der Waals surface area contributed by atoms with E-state index < -0.39 is 0 Å². The fourth-order valence-corrected chi connectivity index (χ4v) is 3.02. The third-order valence-corrected chi connectivity index (χ3v) is 4.42. The standard InChI is InChI=1S/C18H31N5O2/c1-14-13-15(2)23(20-14)8-6-7-19-17(25)22-11-9-21(10-12-22)16(24)18(3,4)5/h13H,6-12H2,1-5H3,(H,19,25). The van der Waals surface area contributed by atoms with Gasteiger partial charge in [0, 0.05) is 50.4 Å². The van der Waals surface area contributed by atoms with Crippen molar-refractivity contribution >= 4 is 11.9 Å². The number of carbonyl (C=O) groups excluding carboxylic acids is 2. The van der Waals surface area contributed by atoms with Gasteiger partial charge in [0.25, 0.3) is 0 Å². The van der Waals surface area contributed by atoms with E-state index in [0.29, 0.717) is 32.7 Å². The van der Waals surface area contributed by atoms with Crippen molar-refractivity contribution in [3.8, 4) is 0 Å². The molecule has 0 atom stereocenters.